The molecule has 0 atom stereocenters. The number of fused-ring (bicyclic) bond motifs is 2. The van der Waals surface area contributed by atoms with Crippen molar-refractivity contribution in [2.24, 2.45) is 0 Å². The first-order chi connectivity index (χ1) is 13.1. The first kappa shape index (κ1) is 17.3. The number of aromatic nitrogens is 2. The molecule has 4 rings (SSSR count). The summed E-state index contributed by atoms with van der Waals surface area (Å²) < 4.78 is 1.24. The number of aryl methyl sites for hydroxylation is 2. The van der Waals surface area contributed by atoms with Gasteiger partial charge in [-0.1, -0.05) is 30.3 Å². The summed E-state index contributed by atoms with van der Waals surface area (Å²) in [4.78, 5) is 39.5. The summed E-state index contributed by atoms with van der Waals surface area (Å²) in [5.41, 5.74) is 1.53. The maximum Gasteiger partial charge on any atom is 0.273 e. The average molecular weight is 363 g/mol. The second-order valence-corrected chi connectivity index (χ2v) is 6.82. The number of H-pyrrole nitrogens is 1. The van der Waals surface area contributed by atoms with E-state index in [4.69, 9.17) is 0 Å². The first-order valence-electron chi connectivity index (χ1n) is 9.25. The molecule has 1 aliphatic heterocycles. The van der Waals surface area contributed by atoms with Crippen molar-refractivity contribution >= 4 is 22.4 Å². The van der Waals surface area contributed by atoms with Gasteiger partial charge in [-0.25, -0.2) is 4.68 Å². The number of hydrogen-bond acceptors (Lipinski definition) is 3. The number of carbonyl (C=O) groups is 1. The molecule has 0 radical (unpaired) electrons. The molecular weight excluding hydrogens is 342 g/mol. The number of para-hydroxylation sites is 1. The molecule has 1 amide bonds. The molecule has 6 heteroatoms. The predicted octanol–water partition coefficient (Wildman–Crippen LogP) is 2.45. The highest BCUT2D eigenvalue weighted by Crippen LogP contribution is 2.26. The van der Waals surface area contributed by atoms with Gasteiger partial charge in [0.05, 0.1) is 17.3 Å². The summed E-state index contributed by atoms with van der Waals surface area (Å²) in [5, 5.41) is 3.32. The van der Waals surface area contributed by atoms with Gasteiger partial charge in [0, 0.05) is 18.7 Å². The highest BCUT2D eigenvalue weighted by Gasteiger charge is 2.21. The monoisotopic (exact) mass is 363 g/mol. The molecule has 2 aromatic carbocycles. The molecule has 1 aliphatic rings. The van der Waals surface area contributed by atoms with E-state index in [1.54, 1.807) is 24.3 Å². The summed E-state index contributed by atoms with van der Waals surface area (Å²) in [6, 6.07) is 14.7. The van der Waals surface area contributed by atoms with E-state index in [2.05, 4.69) is 11.2 Å². The molecule has 6 nitrogen and oxygen atoms in total. The van der Waals surface area contributed by atoms with Gasteiger partial charge in [0.2, 0.25) is 5.91 Å². The Kier molecular flexibility index (Phi) is 4.62. The number of aromatic amines is 1. The van der Waals surface area contributed by atoms with Crippen molar-refractivity contribution in [2.45, 2.75) is 32.2 Å². The lowest BCUT2D eigenvalue weighted by Crippen LogP contribution is -2.35. The number of nitrogens with one attached hydrogen (secondary N) is 1. The third-order valence-electron chi connectivity index (χ3n) is 5.09. The fraction of sp³-hybridized carbons (Fsp3) is 0.286. The smallest absolute Gasteiger partial charge is 0.273 e. The number of amides is 1. The fourth-order valence-corrected chi connectivity index (χ4v) is 3.70. The molecule has 27 heavy (non-hydrogen) atoms. The molecule has 138 valence electrons. The van der Waals surface area contributed by atoms with Crippen molar-refractivity contribution in [3.05, 3.63) is 74.8 Å². The van der Waals surface area contributed by atoms with Gasteiger partial charge in [0.15, 0.2) is 0 Å². The zero-order chi connectivity index (χ0) is 18.8. The van der Waals surface area contributed by atoms with Crippen LogP contribution in [0.15, 0.2) is 58.1 Å². The van der Waals surface area contributed by atoms with Gasteiger partial charge in [0.1, 0.15) is 0 Å². The molecule has 1 aromatic heterocycles. The van der Waals surface area contributed by atoms with Crippen molar-refractivity contribution in [2.75, 3.05) is 11.4 Å². The molecule has 3 aromatic rings. The maximum atomic E-state index is 12.9. The Balaban J connectivity index is 1.59. The molecule has 0 aliphatic carbocycles. The van der Waals surface area contributed by atoms with E-state index in [-0.39, 0.29) is 30.0 Å². The minimum absolute atomic E-state index is 0.0368. The molecule has 0 saturated heterocycles. The second-order valence-electron chi connectivity index (χ2n) is 6.82. The Labute approximate surface area is 156 Å². The standard InChI is InChI=1S/C21H21N3O3/c25-19(23-13-6-5-8-15-7-1-4-11-18(15)23)12-14-24-21(27)17-10-3-2-9-16(17)20(26)22-24/h1-4,7,9-11H,5-6,8,12-14H2,(H,22,26). The van der Waals surface area contributed by atoms with Crippen LogP contribution in [0.3, 0.4) is 0 Å². The summed E-state index contributed by atoms with van der Waals surface area (Å²) >= 11 is 0. The van der Waals surface area contributed by atoms with Gasteiger partial charge >= 0.3 is 0 Å². The predicted molar refractivity (Wildman–Crippen MR) is 105 cm³/mol. The average Bonchev–Trinajstić information content (AvgIpc) is 2.92. The van der Waals surface area contributed by atoms with Crippen molar-refractivity contribution in [3.8, 4) is 0 Å². The van der Waals surface area contributed by atoms with E-state index in [0.717, 1.165) is 24.9 Å². The topological polar surface area (TPSA) is 75.2 Å². The number of carbonyl (C=O) groups excluding carboxylic acids is 1. The van der Waals surface area contributed by atoms with E-state index in [0.29, 0.717) is 17.3 Å². The van der Waals surface area contributed by atoms with Crippen LogP contribution in [0, 0.1) is 0 Å². The Morgan fingerprint density at radius 1 is 0.963 bits per heavy atom. The minimum atomic E-state index is -0.322. The van der Waals surface area contributed by atoms with Crippen molar-refractivity contribution in [3.63, 3.8) is 0 Å². The number of hydrogen-bond donors (Lipinski definition) is 1. The van der Waals surface area contributed by atoms with E-state index in [1.807, 2.05) is 23.1 Å². The van der Waals surface area contributed by atoms with Crippen LogP contribution in [-0.2, 0) is 17.8 Å². The molecule has 1 N–H and O–H groups in total. The van der Waals surface area contributed by atoms with Crippen LogP contribution in [-0.4, -0.2) is 22.2 Å². The van der Waals surface area contributed by atoms with Crippen LogP contribution in [0.4, 0.5) is 5.69 Å². The van der Waals surface area contributed by atoms with E-state index < -0.39 is 0 Å². The summed E-state index contributed by atoms with van der Waals surface area (Å²) in [6.07, 6.45) is 3.13. The van der Waals surface area contributed by atoms with Crippen molar-refractivity contribution in [1.82, 2.24) is 9.78 Å². The van der Waals surface area contributed by atoms with Gasteiger partial charge in [0.25, 0.3) is 11.1 Å². The molecule has 0 bridgehead atoms. The molecular formula is C21H21N3O3. The Hall–Kier alpha value is -3.15. The molecule has 0 unspecified atom stereocenters. The van der Waals surface area contributed by atoms with Crippen LogP contribution < -0.4 is 16.0 Å². The van der Waals surface area contributed by atoms with Crippen LogP contribution in [0.25, 0.3) is 10.8 Å². The van der Waals surface area contributed by atoms with E-state index in [9.17, 15) is 14.4 Å². The normalized spacial score (nSPS) is 14.0. The molecule has 0 fully saturated rings. The summed E-state index contributed by atoms with van der Waals surface area (Å²) in [7, 11) is 0. The lowest BCUT2D eigenvalue weighted by molar-refractivity contribution is -0.118. The lowest BCUT2D eigenvalue weighted by atomic mass is 10.1. The van der Waals surface area contributed by atoms with Crippen molar-refractivity contribution < 1.29 is 4.79 Å². The number of anilines is 1. The van der Waals surface area contributed by atoms with Gasteiger partial charge in [-0.3, -0.25) is 19.5 Å². The van der Waals surface area contributed by atoms with Gasteiger partial charge in [-0.05, 0) is 43.0 Å². The Morgan fingerprint density at radius 3 is 2.56 bits per heavy atom. The van der Waals surface area contributed by atoms with Crippen LogP contribution >= 0.6 is 0 Å². The fourth-order valence-electron chi connectivity index (χ4n) is 3.70. The minimum Gasteiger partial charge on any atom is -0.312 e. The SMILES string of the molecule is O=C(CCn1[nH]c(=O)c2ccccc2c1=O)N1CCCCc2ccccc21. The highest BCUT2D eigenvalue weighted by atomic mass is 16.2. The Bertz CT molecular complexity index is 1110. The summed E-state index contributed by atoms with van der Waals surface area (Å²) in [5.74, 6) is -0.0368. The van der Waals surface area contributed by atoms with Gasteiger partial charge < -0.3 is 4.90 Å². The number of rotatable bonds is 3. The van der Waals surface area contributed by atoms with Gasteiger partial charge in [-0.2, -0.15) is 0 Å². The zero-order valence-corrected chi connectivity index (χ0v) is 15.0. The largest absolute Gasteiger partial charge is 0.312 e. The molecule has 0 saturated carbocycles. The third kappa shape index (κ3) is 3.30. The first-order valence-corrected chi connectivity index (χ1v) is 9.25. The second kappa shape index (κ2) is 7.23. The van der Waals surface area contributed by atoms with Crippen LogP contribution in [0.1, 0.15) is 24.8 Å². The number of benzene rings is 2. The summed E-state index contributed by atoms with van der Waals surface area (Å²) in [6.45, 7) is 0.829. The third-order valence-corrected chi connectivity index (χ3v) is 5.09. The lowest BCUT2D eigenvalue weighted by Gasteiger charge is -2.23. The Morgan fingerprint density at radius 2 is 1.70 bits per heavy atom. The van der Waals surface area contributed by atoms with Crippen LogP contribution in [0.5, 0.6) is 0 Å². The van der Waals surface area contributed by atoms with E-state index in [1.165, 1.54) is 10.2 Å². The van der Waals surface area contributed by atoms with Crippen molar-refractivity contribution in [1.29, 1.82) is 0 Å². The van der Waals surface area contributed by atoms with E-state index >= 15 is 0 Å². The van der Waals surface area contributed by atoms with Crippen LogP contribution in [0.2, 0.25) is 0 Å². The van der Waals surface area contributed by atoms with Gasteiger partial charge in [-0.15, -0.1) is 0 Å². The highest BCUT2D eigenvalue weighted by molar-refractivity contribution is 5.94. The zero-order valence-electron chi connectivity index (χ0n) is 15.0. The molecule has 0 spiro atoms. The molecule has 2 heterocycles. The quantitative estimate of drug-likeness (QED) is 0.777. The maximum absolute atomic E-state index is 12.9. The number of nitrogens with zero attached hydrogens (tertiary/aromatic N) is 2.